The van der Waals surface area contributed by atoms with Gasteiger partial charge in [0.15, 0.2) is 0 Å². The van der Waals surface area contributed by atoms with E-state index >= 15 is 0 Å². The number of piperidine rings is 1. The van der Waals surface area contributed by atoms with E-state index in [1.54, 1.807) is 6.20 Å². The number of carbonyl (C=O) groups excluding carboxylic acids is 1. The van der Waals surface area contributed by atoms with Gasteiger partial charge in [-0.15, -0.1) is 0 Å². The minimum Gasteiger partial charge on any atom is -0.350 e. The van der Waals surface area contributed by atoms with Crippen LogP contribution in [0.25, 0.3) is 6.08 Å². The zero-order chi connectivity index (χ0) is 18.2. The summed E-state index contributed by atoms with van der Waals surface area (Å²) in [5.74, 6) is 0.342. The second-order valence-electron chi connectivity index (χ2n) is 6.83. The normalized spacial score (nSPS) is 18.1. The van der Waals surface area contributed by atoms with Gasteiger partial charge in [0.1, 0.15) is 5.69 Å². The van der Waals surface area contributed by atoms with Crippen LogP contribution in [0.5, 0.6) is 0 Å². The summed E-state index contributed by atoms with van der Waals surface area (Å²) >= 11 is 0. The number of hydrogen-bond acceptors (Lipinski definition) is 4. The molecule has 1 aromatic heterocycles. The number of hydrogen-bond donors (Lipinski definition) is 1. The Bertz CT molecular complexity index is 727. The van der Waals surface area contributed by atoms with Crippen LogP contribution in [-0.4, -0.2) is 47.0 Å². The zero-order valence-electron chi connectivity index (χ0n) is 15.3. The molecule has 5 heteroatoms. The molecule has 0 aliphatic carbocycles. The molecule has 1 aliphatic rings. The summed E-state index contributed by atoms with van der Waals surface area (Å²) in [5.41, 5.74) is 2.43. The number of benzene rings is 1. The van der Waals surface area contributed by atoms with Crippen LogP contribution in [0.4, 0.5) is 0 Å². The van der Waals surface area contributed by atoms with Crippen LogP contribution in [0, 0.1) is 12.8 Å². The summed E-state index contributed by atoms with van der Waals surface area (Å²) in [7, 11) is 0. The van der Waals surface area contributed by atoms with Gasteiger partial charge in [-0.25, -0.2) is 4.98 Å². The van der Waals surface area contributed by atoms with E-state index in [1.165, 1.54) is 18.2 Å². The molecule has 5 nitrogen and oxygen atoms in total. The van der Waals surface area contributed by atoms with Crippen LogP contribution < -0.4 is 5.32 Å². The maximum Gasteiger partial charge on any atom is 0.271 e. The Morgan fingerprint density at radius 1 is 1.27 bits per heavy atom. The van der Waals surface area contributed by atoms with Crippen LogP contribution in [0.1, 0.15) is 34.6 Å². The summed E-state index contributed by atoms with van der Waals surface area (Å²) in [6, 6.07) is 10.4. The Morgan fingerprint density at radius 3 is 2.88 bits per heavy atom. The van der Waals surface area contributed by atoms with Gasteiger partial charge in [0, 0.05) is 25.8 Å². The SMILES string of the molecule is Cc1cnc(C(=O)NC[C@H]2CCCN(C/C=C/c3ccccc3)C2)cn1. The van der Waals surface area contributed by atoms with E-state index in [-0.39, 0.29) is 5.91 Å². The van der Waals surface area contributed by atoms with Crippen molar-refractivity contribution >= 4 is 12.0 Å². The van der Waals surface area contributed by atoms with Crippen LogP contribution in [-0.2, 0) is 0 Å². The van der Waals surface area contributed by atoms with Crippen LogP contribution in [0.15, 0.2) is 48.8 Å². The molecule has 1 fully saturated rings. The van der Waals surface area contributed by atoms with Crippen molar-refractivity contribution in [2.45, 2.75) is 19.8 Å². The topological polar surface area (TPSA) is 58.1 Å². The number of nitrogens with zero attached hydrogens (tertiary/aromatic N) is 3. The van der Waals surface area contributed by atoms with Crippen molar-refractivity contribution in [3.63, 3.8) is 0 Å². The summed E-state index contributed by atoms with van der Waals surface area (Å²) in [6.45, 7) is 5.62. The Balaban J connectivity index is 1.44. The fourth-order valence-electron chi connectivity index (χ4n) is 3.22. The molecule has 1 N–H and O–H groups in total. The van der Waals surface area contributed by atoms with E-state index < -0.39 is 0 Å². The third-order valence-electron chi connectivity index (χ3n) is 4.64. The molecule has 0 spiro atoms. The van der Waals surface area contributed by atoms with Crippen molar-refractivity contribution in [1.29, 1.82) is 0 Å². The van der Waals surface area contributed by atoms with Crippen molar-refractivity contribution in [3.8, 4) is 0 Å². The number of amides is 1. The Kier molecular flexibility index (Phi) is 6.50. The molecule has 2 aromatic rings. The lowest BCUT2D eigenvalue weighted by molar-refractivity contribution is 0.0929. The lowest BCUT2D eigenvalue weighted by Gasteiger charge is -2.32. The molecular weight excluding hydrogens is 324 g/mol. The molecule has 1 aliphatic heterocycles. The van der Waals surface area contributed by atoms with E-state index in [2.05, 4.69) is 56.6 Å². The van der Waals surface area contributed by atoms with Crippen molar-refractivity contribution in [2.75, 3.05) is 26.2 Å². The first-order valence-electron chi connectivity index (χ1n) is 9.21. The third kappa shape index (κ3) is 5.49. The minimum absolute atomic E-state index is 0.140. The molecule has 1 amide bonds. The highest BCUT2D eigenvalue weighted by Gasteiger charge is 2.20. The fourth-order valence-corrected chi connectivity index (χ4v) is 3.22. The van der Waals surface area contributed by atoms with Gasteiger partial charge >= 0.3 is 0 Å². The van der Waals surface area contributed by atoms with E-state index in [9.17, 15) is 4.79 Å². The monoisotopic (exact) mass is 350 g/mol. The summed E-state index contributed by atoms with van der Waals surface area (Å²) in [4.78, 5) is 22.9. The molecule has 0 radical (unpaired) electrons. The smallest absolute Gasteiger partial charge is 0.271 e. The third-order valence-corrected chi connectivity index (χ3v) is 4.64. The highest BCUT2D eigenvalue weighted by Crippen LogP contribution is 2.16. The summed E-state index contributed by atoms with van der Waals surface area (Å²) < 4.78 is 0. The molecular formula is C21H26N4O. The standard InChI is InChI=1S/C21H26N4O/c1-17-13-23-20(15-22-17)21(26)24-14-19-10-6-12-25(16-19)11-5-9-18-7-3-2-4-8-18/h2-5,7-9,13,15,19H,6,10-12,14,16H2,1H3,(H,24,26)/b9-5+/t19-/m1/s1. The average molecular weight is 350 g/mol. The highest BCUT2D eigenvalue weighted by molar-refractivity contribution is 5.91. The number of aryl methyl sites for hydroxylation is 1. The van der Waals surface area contributed by atoms with E-state index in [1.807, 2.05) is 13.0 Å². The highest BCUT2D eigenvalue weighted by atomic mass is 16.1. The van der Waals surface area contributed by atoms with Gasteiger partial charge in [-0.3, -0.25) is 14.7 Å². The van der Waals surface area contributed by atoms with E-state index in [0.29, 0.717) is 18.2 Å². The van der Waals surface area contributed by atoms with Crippen LogP contribution in [0.2, 0.25) is 0 Å². The zero-order valence-corrected chi connectivity index (χ0v) is 15.3. The Hall–Kier alpha value is -2.53. The quantitative estimate of drug-likeness (QED) is 0.870. The molecule has 3 rings (SSSR count). The second-order valence-corrected chi connectivity index (χ2v) is 6.83. The molecule has 26 heavy (non-hydrogen) atoms. The lowest BCUT2D eigenvalue weighted by atomic mass is 9.98. The van der Waals surface area contributed by atoms with Gasteiger partial charge in [0.05, 0.1) is 11.9 Å². The first kappa shape index (κ1) is 18.3. The fraction of sp³-hybridized carbons (Fsp3) is 0.381. The van der Waals surface area contributed by atoms with E-state index in [0.717, 1.165) is 31.7 Å². The van der Waals surface area contributed by atoms with Crippen LogP contribution >= 0.6 is 0 Å². The predicted molar refractivity (Wildman–Crippen MR) is 104 cm³/mol. The van der Waals surface area contributed by atoms with Crippen molar-refractivity contribution in [2.24, 2.45) is 5.92 Å². The average Bonchev–Trinajstić information content (AvgIpc) is 2.68. The van der Waals surface area contributed by atoms with Crippen LogP contribution in [0.3, 0.4) is 0 Å². The Labute approximate surface area is 155 Å². The Morgan fingerprint density at radius 2 is 2.12 bits per heavy atom. The summed E-state index contributed by atoms with van der Waals surface area (Å²) in [6.07, 6.45) is 9.87. The first-order valence-corrected chi connectivity index (χ1v) is 9.21. The molecule has 0 saturated carbocycles. The van der Waals surface area contributed by atoms with Gasteiger partial charge in [0.2, 0.25) is 0 Å². The second kappa shape index (κ2) is 9.25. The molecule has 136 valence electrons. The first-order chi connectivity index (χ1) is 12.7. The summed E-state index contributed by atoms with van der Waals surface area (Å²) in [5, 5.41) is 3.00. The number of rotatable bonds is 6. The van der Waals surface area contributed by atoms with Gasteiger partial charge in [-0.05, 0) is 37.8 Å². The largest absolute Gasteiger partial charge is 0.350 e. The number of carbonyl (C=O) groups is 1. The molecule has 1 saturated heterocycles. The van der Waals surface area contributed by atoms with Crippen molar-refractivity contribution < 1.29 is 4.79 Å². The minimum atomic E-state index is -0.140. The maximum absolute atomic E-state index is 12.2. The van der Waals surface area contributed by atoms with Gasteiger partial charge < -0.3 is 5.32 Å². The molecule has 0 unspecified atom stereocenters. The molecule has 2 heterocycles. The maximum atomic E-state index is 12.2. The number of likely N-dealkylation sites (tertiary alicyclic amines) is 1. The predicted octanol–water partition coefficient (Wildman–Crippen LogP) is 2.94. The number of nitrogens with one attached hydrogen (secondary N) is 1. The van der Waals surface area contributed by atoms with Gasteiger partial charge in [0.25, 0.3) is 5.91 Å². The van der Waals surface area contributed by atoms with Gasteiger partial charge in [-0.2, -0.15) is 0 Å². The van der Waals surface area contributed by atoms with Gasteiger partial charge in [-0.1, -0.05) is 42.5 Å². The molecule has 0 bridgehead atoms. The van der Waals surface area contributed by atoms with Crippen molar-refractivity contribution in [3.05, 3.63) is 65.8 Å². The molecule has 1 aromatic carbocycles. The van der Waals surface area contributed by atoms with E-state index in [4.69, 9.17) is 0 Å². The lowest BCUT2D eigenvalue weighted by Crippen LogP contribution is -2.41. The van der Waals surface area contributed by atoms with Crippen molar-refractivity contribution in [1.82, 2.24) is 20.2 Å². The molecule has 1 atom stereocenters. The number of aromatic nitrogens is 2.